The molecule has 0 radical (unpaired) electrons. The summed E-state index contributed by atoms with van der Waals surface area (Å²) in [6.45, 7) is 7.49. The Morgan fingerprint density at radius 2 is 2.14 bits per heavy atom. The van der Waals surface area contributed by atoms with Gasteiger partial charge in [0.25, 0.3) is 0 Å². The van der Waals surface area contributed by atoms with E-state index in [1.165, 1.54) is 0 Å². The van der Waals surface area contributed by atoms with Crippen LogP contribution in [0.25, 0.3) is 0 Å². The van der Waals surface area contributed by atoms with Crippen LogP contribution in [0, 0.1) is 11.3 Å². The fourth-order valence-corrected chi connectivity index (χ4v) is 0.787. The Morgan fingerprint density at radius 1 is 1.57 bits per heavy atom. The molecule has 0 saturated carbocycles. The third-order valence-corrected chi connectivity index (χ3v) is 1.44. The van der Waals surface area contributed by atoms with Crippen molar-refractivity contribution >= 4 is 5.91 Å². The van der Waals surface area contributed by atoms with Gasteiger partial charge in [0.1, 0.15) is 6.61 Å². The van der Waals surface area contributed by atoms with Gasteiger partial charge >= 0.3 is 0 Å². The summed E-state index contributed by atoms with van der Waals surface area (Å²) >= 11 is 0. The summed E-state index contributed by atoms with van der Waals surface area (Å²) in [5.41, 5.74) is -0.310. The topological polar surface area (TPSA) is 62.1 Å². The van der Waals surface area contributed by atoms with E-state index < -0.39 is 0 Å². The molecule has 0 saturated heterocycles. The van der Waals surface area contributed by atoms with Crippen LogP contribution in [0.2, 0.25) is 0 Å². The first-order chi connectivity index (χ1) is 6.35. The Hall–Kier alpha value is -1.08. The average Bonchev–Trinajstić information content (AvgIpc) is 2.00. The summed E-state index contributed by atoms with van der Waals surface area (Å²) in [4.78, 5) is 11.2. The van der Waals surface area contributed by atoms with Crippen molar-refractivity contribution in [2.24, 2.45) is 0 Å². The molecule has 0 rings (SSSR count). The minimum absolute atomic E-state index is 0.0409. The molecule has 0 aliphatic carbocycles. The molecule has 1 unspecified atom stereocenters. The van der Waals surface area contributed by atoms with Gasteiger partial charge in [0.05, 0.1) is 18.1 Å². The Labute approximate surface area is 85.2 Å². The SMILES string of the molecule is CC(CC#N)NC(=O)COC(C)(C)C. The quantitative estimate of drug-likeness (QED) is 0.738. The minimum Gasteiger partial charge on any atom is -0.366 e. The zero-order chi connectivity index (χ0) is 11.2. The van der Waals surface area contributed by atoms with Crippen LogP contribution in [-0.4, -0.2) is 24.2 Å². The third kappa shape index (κ3) is 7.56. The molecule has 0 bridgehead atoms. The van der Waals surface area contributed by atoms with Crippen molar-refractivity contribution in [3.63, 3.8) is 0 Å². The number of nitrogens with zero attached hydrogens (tertiary/aromatic N) is 1. The Kier molecular flexibility index (Phi) is 5.18. The number of amides is 1. The van der Waals surface area contributed by atoms with E-state index >= 15 is 0 Å². The van der Waals surface area contributed by atoms with Crippen molar-refractivity contribution in [3.8, 4) is 6.07 Å². The van der Waals surface area contributed by atoms with Crippen LogP contribution in [0.5, 0.6) is 0 Å². The molecule has 0 fully saturated rings. The van der Waals surface area contributed by atoms with Crippen molar-refractivity contribution in [2.75, 3.05) is 6.61 Å². The zero-order valence-electron chi connectivity index (χ0n) is 9.26. The molecule has 1 atom stereocenters. The Bertz CT molecular complexity index is 225. The highest BCUT2D eigenvalue weighted by Crippen LogP contribution is 2.05. The molecule has 0 aromatic rings. The summed E-state index contributed by atoms with van der Waals surface area (Å²) < 4.78 is 5.28. The van der Waals surface area contributed by atoms with Crippen molar-refractivity contribution in [2.45, 2.75) is 45.8 Å². The molecule has 1 N–H and O–H groups in total. The average molecular weight is 198 g/mol. The van der Waals surface area contributed by atoms with Crippen LogP contribution in [0.15, 0.2) is 0 Å². The lowest BCUT2D eigenvalue weighted by Crippen LogP contribution is -2.37. The van der Waals surface area contributed by atoms with Crippen LogP contribution in [0.3, 0.4) is 0 Å². The highest BCUT2D eigenvalue weighted by Gasteiger charge is 2.13. The van der Waals surface area contributed by atoms with Crippen molar-refractivity contribution in [3.05, 3.63) is 0 Å². The van der Waals surface area contributed by atoms with Crippen LogP contribution in [0.1, 0.15) is 34.1 Å². The second-order valence-corrected chi connectivity index (χ2v) is 4.23. The maximum absolute atomic E-state index is 11.2. The van der Waals surface area contributed by atoms with Gasteiger partial charge in [0.2, 0.25) is 5.91 Å². The molecular formula is C10H18N2O2. The predicted molar refractivity (Wildman–Crippen MR) is 53.5 cm³/mol. The number of rotatable bonds is 4. The van der Waals surface area contributed by atoms with E-state index in [4.69, 9.17) is 10.00 Å². The lowest BCUT2D eigenvalue weighted by molar-refractivity contribution is -0.131. The largest absolute Gasteiger partial charge is 0.366 e. The van der Waals surface area contributed by atoms with E-state index in [2.05, 4.69) is 5.32 Å². The number of ether oxygens (including phenoxy) is 1. The fourth-order valence-electron chi connectivity index (χ4n) is 0.787. The Morgan fingerprint density at radius 3 is 2.57 bits per heavy atom. The maximum atomic E-state index is 11.2. The lowest BCUT2D eigenvalue weighted by atomic mass is 10.2. The van der Waals surface area contributed by atoms with Crippen molar-refractivity contribution < 1.29 is 9.53 Å². The standard InChI is InChI=1S/C10H18N2O2/c1-8(5-6-11)12-9(13)7-14-10(2,3)4/h8H,5,7H2,1-4H3,(H,12,13). The first-order valence-corrected chi connectivity index (χ1v) is 4.65. The number of hydrogen-bond acceptors (Lipinski definition) is 3. The highest BCUT2D eigenvalue weighted by molar-refractivity contribution is 5.77. The van der Waals surface area contributed by atoms with Gasteiger partial charge in [0, 0.05) is 6.04 Å². The van der Waals surface area contributed by atoms with Gasteiger partial charge in [-0.1, -0.05) is 0 Å². The lowest BCUT2D eigenvalue weighted by Gasteiger charge is -2.19. The molecule has 0 aromatic heterocycles. The molecule has 14 heavy (non-hydrogen) atoms. The monoisotopic (exact) mass is 198 g/mol. The molecule has 4 nitrogen and oxygen atoms in total. The van der Waals surface area contributed by atoms with E-state index in [0.29, 0.717) is 6.42 Å². The normalized spacial score (nSPS) is 13.1. The summed E-state index contributed by atoms with van der Waals surface area (Å²) in [5, 5.41) is 11.0. The summed E-state index contributed by atoms with van der Waals surface area (Å²) in [6, 6.07) is 1.87. The zero-order valence-corrected chi connectivity index (χ0v) is 9.26. The second kappa shape index (κ2) is 5.61. The molecule has 0 heterocycles. The number of carbonyl (C=O) groups is 1. The van der Waals surface area contributed by atoms with E-state index in [9.17, 15) is 4.79 Å². The van der Waals surface area contributed by atoms with Crippen molar-refractivity contribution in [1.82, 2.24) is 5.32 Å². The van der Waals surface area contributed by atoms with Crippen LogP contribution in [-0.2, 0) is 9.53 Å². The van der Waals surface area contributed by atoms with E-state index in [-0.39, 0.29) is 24.2 Å². The van der Waals surface area contributed by atoms with Gasteiger partial charge in [-0.3, -0.25) is 4.79 Å². The first-order valence-electron chi connectivity index (χ1n) is 4.65. The first kappa shape index (κ1) is 12.9. The van der Waals surface area contributed by atoms with Gasteiger partial charge in [-0.05, 0) is 27.7 Å². The Balaban J connectivity index is 3.72. The molecule has 0 aliphatic rings. The number of carbonyl (C=O) groups excluding carboxylic acids is 1. The van der Waals surface area contributed by atoms with Gasteiger partial charge in [-0.25, -0.2) is 0 Å². The van der Waals surface area contributed by atoms with E-state index in [0.717, 1.165) is 0 Å². The third-order valence-electron chi connectivity index (χ3n) is 1.44. The smallest absolute Gasteiger partial charge is 0.246 e. The molecular weight excluding hydrogens is 180 g/mol. The number of nitrogens with one attached hydrogen (secondary N) is 1. The molecule has 80 valence electrons. The molecule has 0 spiro atoms. The van der Waals surface area contributed by atoms with Crippen LogP contribution < -0.4 is 5.32 Å². The summed E-state index contributed by atoms with van der Waals surface area (Å²) in [7, 11) is 0. The van der Waals surface area contributed by atoms with Crippen molar-refractivity contribution in [1.29, 1.82) is 5.26 Å². The van der Waals surface area contributed by atoms with Gasteiger partial charge in [-0.2, -0.15) is 5.26 Å². The van der Waals surface area contributed by atoms with Crippen LogP contribution in [0.4, 0.5) is 0 Å². The summed E-state index contributed by atoms with van der Waals surface area (Å²) in [5.74, 6) is -0.178. The minimum atomic E-state index is -0.310. The molecule has 0 aromatic carbocycles. The maximum Gasteiger partial charge on any atom is 0.246 e. The second-order valence-electron chi connectivity index (χ2n) is 4.23. The summed E-state index contributed by atoms with van der Waals surface area (Å²) in [6.07, 6.45) is 0.321. The molecule has 1 amide bonds. The fraction of sp³-hybridized carbons (Fsp3) is 0.800. The molecule has 4 heteroatoms. The number of nitriles is 1. The van der Waals surface area contributed by atoms with E-state index in [1.54, 1.807) is 6.92 Å². The van der Waals surface area contributed by atoms with E-state index in [1.807, 2.05) is 26.8 Å². The predicted octanol–water partition coefficient (Wildman–Crippen LogP) is 1.22. The van der Waals surface area contributed by atoms with Gasteiger partial charge < -0.3 is 10.1 Å². The van der Waals surface area contributed by atoms with Gasteiger partial charge in [-0.15, -0.1) is 0 Å². The number of hydrogen-bond donors (Lipinski definition) is 1. The van der Waals surface area contributed by atoms with Gasteiger partial charge in [0.15, 0.2) is 0 Å². The highest BCUT2D eigenvalue weighted by atomic mass is 16.5. The molecule has 0 aliphatic heterocycles. The van der Waals surface area contributed by atoms with Crippen LogP contribution >= 0.6 is 0 Å².